The van der Waals surface area contributed by atoms with Crippen molar-refractivity contribution in [3.05, 3.63) is 40.3 Å². The number of aromatic hydroxyl groups is 1. The van der Waals surface area contributed by atoms with Gasteiger partial charge < -0.3 is 0 Å². The van der Waals surface area contributed by atoms with Gasteiger partial charge in [-0.05, 0) is 0 Å². The summed E-state index contributed by atoms with van der Waals surface area (Å²) < 4.78 is 3.16. The Morgan fingerprint density at radius 1 is 0.760 bits per heavy atom. The fourth-order valence-electron chi connectivity index (χ4n) is 3.55. The van der Waals surface area contributed by atoms with Gasteiger partial charge in [-0.25, -0.2) is 0 Å². The maximum absolute atomic E-state index is 9.94. The Hall–Kier alpha value is -1.24. The third-order valence-electron chi connectivity index (χ3n) is 5.12. The van der Waals surface area contributed by atoms with E-state index in [1.165, 1.54) is 72.8 Å². The van der Waals surface area contributed by atoms with Crippen molar-refractivity contribution in [1.82, 2.24) is 0 Å². The van der Waals surface area contributed by atoms with Gasteiger partial charge in [0.05, 0.1) is 0 Å². The molecule has 0 radical (unpaired) electrons. The first-order valence-electron chi connectivity index (χ1n) is 9.83. The molecule has 2 heteroatoms. The Kier molecular flexibility index (Phi) is 6.62. The third-order valence-corrected chi connectivity index (χ3v) is 7.55. The topological polar surface area (TPSA) is 20.2 Å². The zero-order chi connectivity index (χ0) is 17.6. The van der Waals surface area contributed by atoms with Gasteiger partial charge in [-0.15, -0.1) is 0 Å². The van der Waals surface area contributed by atoms with Crippen LogP contribution < -0.4 is 0 Å². The number of benzene rings is 2. The van der Waals surface area contributed by atoms with E-state index < -0.39 is 0 Å². The first-order valence-corrected chi connectivity index (χ1v) is 11.5. The fraction of sp³-hybridized carbons (Fsp3) is 0.478. The van der Waals surface area contributed by atoms with Crippen LogP contribution in [0, 0.1) is 6.92 Å². The Morgan fingerprint density at radius 3 is 2.20 bits per heavy atom. The van der Waals surface area contributed by atoms with Crippen LogP contribution in [0.5, 0.6) is 5.75 Å². The molecule has 0 aliphatic rings. The number of phenols is 1. The van der Waals surface area contributed by atoms with Crippen molar-refractivity contribution in [2.45, 2.75) is 71.6 Å². The molecule has 1 N–H and O–H groups in total. The molecule has 0 bridgehead atoms. The second-order valence-corrected chi connectivity index (χ2v) is 9.76. The second-order valence-electron chi connectivity index (χ2n) is 7.31. The first-order chi connectivity index (χ1) is 12.2. The van der Waals surface area contributed by atoms with E-state index in [9.17, 15) is 5.11 Å². The molecule has 0 unspecified atom stereocenters. The number of fused-ring (bicyclic) bond motifs is 2. The molecule has 0 aliphatic heterocycles. The van der Waals surface area contributed by atoms with E-state index in [1.807, 2.05) is 13.0 Å². The number of aryl methyl sites for hydroxylation is 2. The van der Waals surface area contributed by atoms with Crippen LogP contribution in [0.1, 0.15) is 68.3 Å². The van der Waals surface area contributed by atoms with E-state index in [-0.39, 0.29) is 0 Å². The normalized spacial score (nSPS) is 11.6. The van der Waals surface area contributed by atoms with Gasteiger partial charge in [0.1, 0.15) is 0 Å². The average molecular weight is 401 g/mol. The van der Waals surface area contributed by atoms with E-state index in [1.54, 1.807) is 4.44 Å². The number of hydrogen-bond acceptors (Lipinski definition) is 1. The van der Waals surface area contributed by atoms with Gasteiger partial charge in [0.15, 0.2) is 0 Å². The molecular weight excluding hydrogens is 371 g/mol. The molecular formula is C23H30OSe. The van der Waals surface area contributed by atoms with Crippen LogP contribution >= 0.6 is 0 Å². The Balaban J connectivity index is 1.57. The molecule has 1 nitrogen and oxygen atoms in total. The number of hydrogen-bond donors (Lipinski definition) is 1. The summed E-state index contributed by atoms with van der Waals surface area (Å²) >= 11 is 0.496. The second kappa shape index (κ2) is 8.92. The van der Waals surface area contributed by atoms with Gasteiger partial charge in [0.25, 0.3) is 0 Å². The minimum atomic E-state index is 0.402. The predicted octanol–water partition coefficient (Wildman–Crippen LogP) is 6.75. The summed E-state index contributed by atoms with van der Waals surface area (Å²) in [5, 5.41) is 13.7. The van der Waals surface area contributed by atoms with Gasteiger partial charge in [-0.1, -0.05) is 0 Å². The summed E-state index contributed by atoms with van der Waals surface area (Å²) in [6, 6.07) is 11.0. The summed E-state index contributed by atoms with van der Waals surface area (Å²) in [6.45, 7) is 4.25. The van der Waals surface area contributed by atoms with Crippen molar-refractivity contribution in [3.8, 4) is 5.75 Å². The number of unbranched alkanes of at least 4 members (excludes halogenated alkanes) is 7. The molecule has 0 fully saturated rings. The van der Waals surface area contributed by atoms with Gasteiger partial charge in [-0.3, -0.25) is 0 Å². The van der Waals surface area contributed by atoms with Crippen LogP contribution in [0.2, 0.25) is 0 Å². The molecule has 2 aromatic carbocycles. The molecule has 0 spiro atoms. The van der Waals surface area contributed by atoms with Crippen molar-refractivity contribution < 1.29 is 5.11 Å². The molecule has 0 atom stereocenters. The fourth-order valence-corrected chi connectivity index (χ4v) is 5.93. The van der Waals surface area contributed by atoms with Crippen LogP contribution in [-0.4, -0.2) is 19.6 Å². The van der Waals surface area contributed by atoms with Crippen LogP contribution in [0.25, 0.3) is 20.4 Å². The molecule has 3 rings (SSSR count). The van der Waals surface area contributed by atoms with Crippen molar-refractivity contribution in [3.63, 3.8) is 0 Å². The molecule has 3 aromatic rings. The Labute approximate surface area is 157 Å². The van der Waals surface area contributed by atoms with Crippen molar-refractivity contribution in [2.75, 3.05) is 0 Å². The number of rotatable bonds is 9. The van der Waals surface area contributed by atoms with E-state index in [0.29, 0.717) is 20.3 Å². The Bertz CT molecular complexity index is 772. The van der Waals surface area contributed by atoms with E-state index in [4.69, 9.17) is 0 Å². The summed E-state index contributed by atoms with van der Waals surface area (Å²) in [4.78, 5) is 0. The van der Waals surface area contributed by atoms with E-state index in [0.717, 1.165) is 10.9 Å². The average Bonchev–Trinajstić information content (AvgIpc) is 2.98. The van der Waals surface area contributed by atoms with E-state index >= 15 is 0 Å². The molecule has 0 aliphatic carbocycles. The zero-order valence-corrected chi connectivity index (χ0v) is 17.3. The van der Waals surface area contributed by atoms with Crippen LogP contribution in [0.4, 0.5) is 0 Å². The van der Waals surface area contributed by atoms with E-state index in [2.05, 4.69) is 31.2 Å². The monoisotopic (exact) mass is 402 g/mol. The molecule has 0 saturated carbocycles. The predicted molar refractivity (Wildman–Crippen MR) is 111 cm³/mol. The summed E-state index contributed by atoms with van der Waals surface area (Å²) in [6.07, 6.45) is 12.4. The molecule has 1 aromatic heterocycles. The Morgan fingerprint density at radius 2 is 1.44 bits per heavy atom. The maximum atomic E-state index is 9.94. The molecule has 134 valence electrons. The summed E-state index contributed by atoms with van der Waals surface area (Å²) in [5.41, 5.74) is 0.963. The minimum absolute atomic E-state index is 0.402. The zero-order valence-electron chi connectivity index (χ0n) is 15.6. The molecule has 1 heterocycles. The number of phenolic OH excluding ortho intramolecular Hbond substituents is 1. The van der Waals surface area contributed by atoms with Crippen molar-refractivity contribution >= 4 is 34.9 Å². The van der Waals surface area contributed by atoms with Gasteiger partial charge in [0.2, 0.25) is 0 Å². The summed E-state index contributed by atoms with van der Waals surface area (Å²) in [5.74, 6) is 0.402. The first kappa shape index (κ1) is 18.5. The molecule has 0 saturated heterocycles. The molecule has 0 amide bonds. The SMILES string of the molecule is CCCCCCCCCCc1cc2cc3cc(O)c(C)cc3cc2[se]1. The van der Waals surface area contributed by atoms with Crippen LogP contribution in [-0.2, 0) is 6.42 Å². The van der Waals surface area contributed by atoms with Gasteiger partial charge in [0, 0.05) is 0 Å². The van der Waals surface area contributed by atoms with Crippen molar-refractivity contribution in [2.24, 2.45) is 0 Å². The van der Waals surface area contributed by atoms with Crippen LogP contribution in [0.3, 0.4) is 0 Å². The van der Waals surface area contributed by atoms with Gasteiger partial charge >= 0.3 is 158 Å². The molecule has 25 heavy (non-hydrogen) atoms. The van der Waals surface area contributed by atoms with Crippen LogP contribution in [0.15, 0.2) is 30.3 Å². The van der Waals surface area contributed by atoms with Gasteiger partial charge in [-0.2, -0.15) is 0 Å². The summed E-state index contributed by atoms with van der Waals surface area (Å²) in [7, 11) is 0. The third kappa shape index (κ3) is 4.90. The standard InChI is InChI=1S/C23H30OSe/c1-3-4-5-6-7-8-9-10-11-21-14-20-13-19-15-22(24)17(2)12-18(19)16-23(20)25-21/h12-16,24H,3-11H2,1-2H3. The van der Waals surface area contributed by atoms with Crippen molar-refractivity contribution in [1.29, 1.82) is 0 Å². The quantitative estimate of drug-likeness (QED) is 0.311.